The van der Waals surface area contributed by atoms with E-state index in [0.29, 0.717) is 22.0 Å². The number of benzene rings is 2. The van der Waals surface area contributed by atoms with Gasteiger partial charge >= 0.3 is 0 Å². The van der Waals surface area contributed by atoms with Crippen molar-refractivity contribution in [3.05, 3.63) is 63.2 Å². The molecule has 1 aliphatic heterocycles. The molecule has 0 spiro atoms. The van der Waals surface area contributed by atoms with Gasteiger partial charge in [-0.15, -0.1) is 0 Å². The summed E-state index contributed by atoms with van der Waals surface area (Å²) in [4.78, 5) is 36.9. The minimum Gasteiger partial charge on any atom is -0.325 e. The zero-order valence-electron chi connectivity index (χ0n) is 13.9. The minimum atomic E-state index is -0.542. The van der Waals surface area contributed by atoms with E-state index < -0.39 is 10.8 Å². The highest BCUT2D eigenvalue weighted by atomic mass is 35.5. The number of carbonyl (C=O) groups is 2. The van der Waals surface area contributed by atoms with Crippen molar-refractivity contribution in [3.63, 3.8) is 0 Å². The van der Waals surface area contributed by atoms with E-state index in [9.17, 15) is 19.7 Å². The summed E-state index contributed by atoms with van der Waals surface area (Å²) in [5.74, 6) is -1.05. The van der Waals surface area contributed by atoms with Crippen molar-refractivity contribution in [2.45, 2.75) is 13.3 Å². The summed E-state index contributed by atoms with van der Waals surface area (Å²) in [5, 5.41) is 14.2. The number of nitrogens with one attached hydrogen (secondary N) is 1. The minimum absolute atomic E-state index is 0.0640. The van der Waals surface area contributed by atoms with Gasteiger partial charge in [0.25, 0.3) is 5.69 Å². The Balaban J connectivity index is 1.75. The normalized spacial score (nSPS) is 16.6. The Kier molecular flexibility index (Phi) is 4.90. The zero-order chi connectivity index (χ0) is 18.8. The number of amides is 2. The van der Waals surface area contributed by atoms with Crippen LogP contribution >= 0.6 is 11.6 Å². The van der Waals surface area contributed by atoms with Gasteiger partial charge in [0.2, 0.25) is 11.8 Å². The zero-order valence-corrected chi connectivity index (χ0v) is 14.7. The Morgan fingerprint density at radius 1 is 1.31 bits per heavy atom. The SMILES string of the molecule is Cc1c(NC(=O)[C@@H]2CC(=O)N(c3cccc(Cl)c3)C2)cccc1[N+](=O)[O-]. The van der Waals surface area contributed by atoms with Gasteiger partial charge in [0.15, 0.2) is 0 Å². The maximum atomic E-state index is 12.6. The lowest BCUT2D eigenvalue weighted by Crippen LogP contribution is -2.28. The van der Waals surface area contributed by atoms with Gasteiger partial charge in [-0.1, -0.05) is 23.7 Å². The summed E-state index contributed by atoms with van der Waals surface area (Å²) >= 11 is 5.96. The van der Waals surface area contributed by atoms with Crippen molar-refractivity contribution in [3.8, 4) is 0 Å². The third kappa shape index (κ3) is 3.52. The fourth-order valence-corrected chi connectivity index (χ4v) is 3.15. The molecule has 7 nitrogen and oxygen atoms in total. The number of nitrogens with zero attached hydrogens (tertiary/aromatic N) is 2. The third-order valence-corrected chi connectivity index (χ3v) is 4.61. The van der Waals surface area contributed by atoms with Gasteiger partial charge in [-0.25, -0.2) is 0 Å². The molecule has 134 valence electrons. The molecule has 8 heteroatoms. The summed E-state index contributed by atoms with van der Waals surface area (Å²) in [6.45, 7) is 1.81. The number of nitro benzene ring substituents is 1. The van der Waals surface area contributed by atoms with Crippen LogP contribution in [0.25, 0.3) is 0 Å². The lowest BCUT2D eigenvalue weighted by Gasteiger charge is -2.17. The van der Waals surface area contributed by atoms with Gasteiger partial charge < -0.3 is 10.2 Å². The van der Waals surface area contributed by atoms with Crippen LogP contribution in [-0.4, -0.2) is 23.3 Å². The molecule has 1 heterocycles. The Bertz CT molecular complexity index is 900. The van der Waals surface area contributed by atoms with Crippen molar-refractivity contribution in [2.75, 3.05) is 16.8 Å². The molecule has 1 aliphatic rings. The molecule has 0 aliphatic carbocycles. The van der Waals surface area contributed by atoms with Crippen LogP contribution in [-0.2, 0) is 9.59 Å². The second kappa shape index (κ2) is 7.13. The second-order valence-electron chi connectivity index (χ2n) is 6.08. The highest BCUT2D eigenvalue weighted by Crippen LogP contribution is 2.29. The van der Waals surface area contributed by atoms with Gasteiger partial charge in [-0.05, 0) is 31.2 Å². The Morgan fingerprint density at radius 2 is 2.04 bits per heavy atom. The number of rotatable bonds is 4. The van der Waals surface area contributed by atoms with Crippen LogP contribution in [0.5, 0.6) is 0 Å². The van der Waals surface area contributed by atoms with Crippen molar-refractivity contribution in [1.29, 1.82) is 0 Å². The van der Waals surface area contributed by atoms with E-state index in [0.717, 1.165) is 0 Å². The summed E-state index contributed by atoms with van der Waals surface area (Å²) in [6.07, 6.45) is 0.0757. The van der Waals surface area contributed by atoms with E-state index in [1.165, 1.54) is 17.0 Å². The van der Waals surface area contributed by atoms with Crippen LogP contribution in [0.4, 0.5) is 17.1 Å². The van der Waals surface area contributed by atoms with Gasteiger partial charge in [-0.2, -0.15) is 0 Å². The summed E-state index contributed by atoms with van der Waals surface area (Å²) < 4.78 is 0. The van der Waals surface area contributed by atoms with E-state index in [1.54, 1.807) is 37.3 Å². The Hall–Kier alpha value is -2.93. The molecule has 1 fully saturated rings. The average Bonchev–Trinajstić information content (AvgIpc) is 2.98. The molecule has 26 heavy (non-hydrogen) atoms. The Morgan fingerprint density at radius 3 is 2.73 bits per heavy atom. The molecule has 2 aromatic rings. The predicted octanol–water partition coefficient (Wildman–Crippen LogP) is 3.55. The van der Waals surface area contributed by atoms with Gasteiger partial charge in [0, 0.05) is 29.7 Å². The van der Waals surface area contributed by atoms with Crippen LogP contribution in [0, 0.1) is 23.0 Å². The average molecular weight is 374 g/mol. The van der Waals surface area contributed by atoms with Gasteiger partial charge in [0.05, 0.1) is 22.1 Å². The predicted molar refractivity (Wildman–Crippen MR) is 98.4 cm³/mol. The first-order valence-corrected chi connectivity index (χ1v) is 8.35. The molecule has 0 radical (unpaired) electrons. The molecule has 2 amide bonds. The first kappa shape index (κ1) is 17.9. The topological polar surface area (TPSA) is 92.6 Å². The summed E-state index contributed by atoms with van der Waals surface area (Å²) in [5.41, 5.74) is 1.33. The number of halogens is 1. The monoisotopic (exact) mass is 373 g/mol. The maximum absolute atomic E-state index is 12.6. The van der Waals surface area contributed by atoms with Gasteiger partial charge in [0.1, 0.15) is 0 Å². The number of carbonyl (C=O) groups excluding carboxylic acids is 2. The number of nitro groups is 1. The number of hydrogen-bond donors (Lipinski definition) is 1. The highest BCUT2D eigenvalue weighted by Gasteiger charge is 2.35. The van der Waals surface area contributed by atoms with Crippen molar-refractivity contribution in [2.24, 2.45) is 5.92 Å². The highest BCUT2D eigenvalue weighted by molar-refractivity contribution is 6.31. The molecule has 1 N–H and O–H groups in total. The molecule has 1 saturated heterocycles. The fourth-order valence-electron chi connectivity index (χ4n) is 2.97. The van der Waals surface area contributed by atoms with E-state index in [-0.39, 0.29) is 30.5 Å². The first-order valence-electron chi connectivity index (χ1n) is 7.97. The lowest BCUT2D eigenvalue weighted by molar-refractivity contribution is -0.385. The molecule has 3 rings (SSSR count). The molecule has 0 bridgehead atoms. The lowest BCUT2D eigenvalue weighted by atomic mass is 10.1. The molecular weight excluding hydrogens is 358 g/mol. The standard InChI is InChI=1S/C18H16ClN3O4/c1-11-15(6-3-7-16(11)22(25)26)20-18(24)12-8-17(23)21(10-12)14-5-2-4-13(19)9-14/h2-7,9,12H,8,10H2,1H3,(H,20,24)/t12-/m1/s1. The number of anilines is 2. The molecule has 0 unspecified atom stereocenters. The molecule has 2 aromatic carbocycles. The second-order valence-corrected chi connectivity index (χ2v) is 6.52. The van der Waals surface area contributed by atoms with Crippen molar-refractivity contribution < 1.29 is 14.5 Å². The van der Waals surface area contributed by atoms with Crippen LogP contribution < -0.4 is 10.2 Å². The van der Waals surface area contributed by atoms with Crippen LogP contribution in [0.15, 0.2) is 42.5 Å². The van der Waals surface area contributed by atoms with E-state index in [4.69, 9.17) is 11.6 Å². The quantitative estimate of drug-likeness (QED) is 0.655. The summed E-state index contributed by atoms with van der Waals surface area (Å²) in [7, 11) is 0. The third-order valence-electron chi connectivity index (χ3n) is 4.38. The molecule has 1 atom stereocenters. The maximum Gasteiger partial charge on any atom is 0.274 e. The van der Waals surface area contributed by atoms with Crippen molar-refractivity contribution >= 4 is 40.5 Å². The van der Waals surface area contributed by atoms with Crippen molar-refractivity contribution in [1.82, 2.24) is 0 Å². The number of hydrogen-bond acceptors (Lipinski definition) is 4. The fraction of sp³-hybridized carbons (Fsp3) is 0.222. The largest absolute Gasteiger partial charge is 0.325 e. The van der Waals surface area contributed by atoms with Gasteiger partial charge in [-0.3, -0.25) is 19.7 Å². The summed E-state index contributed by atoms with van der Waals surface area (Å²) in [6, 6.07) is 11.4. The van der Waals surface area contributed by atoms with E-state index >= 15 is 0 Å². The van der Waals surface area contributed by atoms with Crippen LogP contribution in [0.1, 0.15) is 12.0 Å². The molecular formula is C18H16ClN3O4. The van der Waals surface area contributed by atoms with Crippen LogP contribution in [0.2, 0.25) is 5.02 Å². The molecule has 0 aromatic heterocycles. The smallest absolute Gasteiger partial charge is 0.274 e. The Labute approximate surface area is 154 Å². The van der Waals surface area contributed by atoms with Crippen LogP contribution in [0.3, 0.4) is 0 Å². The van der Waals surface area contributed by atoms with E-state index in [1.807, 2.05) is 0 Å². The van der Waals surface area contributed by atoms with E-state index in [2.05, 4.69) is 5.32 Å². The molecule has 0 saturated carbocycles. The first-order chi connectivity index (χ1) is 12.4.